The van der Waals surface area contributed by atoms with Gasteiger partial charge < -0.3 is 9.67 Å². The van der Waals surface area contributed by atoms with Crippen molar-refractivity contribution in [1.82, 2.24) is 9.55 Å². The Kier molecular flexibility index (Phi) is 4.28. The van der Waals surface area contributed by atoms with E-state index >= 15 is 0 Å². The van der Waals surface area contributed by atoms with E-state index in [9.17, 15) is 14.7 Å². The first-order chi connectivity index (χ1) is 11.0. The molecule has 0 atom stereocenters. The highest BCUT2D eigenvalue weighted by Gasteiger charge is 2.22. The number of carboxylic acid groups (broad SMARTS) is 1. The van der Waals surface area contributed by atoms with Gasteiger partial charge in [-0.2, -0.15) is 4.98 Å². The molecule has 1 aromatic carbocycles. The average molecular weight is 312 g/mol. The summed E-state index contributed by atoms with van der Waals surface area (Å²) >= 11 is 0. The monoisotopic (exact) mass is 312 g/mol. The van der Waals surface area contributed by atoms with E-state index in [0.717, 1.165) is 30.5 Å². The van der Waals surface area contributed by atoms with Crippen LogP contribution in [0.1, 0.15) is 34.6 Å². The summed E-state index contributed by atoms with van der Waals surface area (Å²) in [5, 5.41) is 9.18. The number of nitrogens with zero attached hydrogens (tertiary/aromatic N) is 2. The summed E-state index contributed by atoms with van der Waals surface area (Å²) in [5.74, 6) is -0.320. The topological polar surface area (TPSA) is 72.2 Å². The summed E-state index contributed by atoms with van der Waals surface area (Å²) in [7, 11) is 0. The van der Waals surface area contributed by atoms with Crippen LogP contribution in [-0.4, -0.2) is 20.6 Å². The van der Waals surface area contributed by atoms with E-state index in [-0.39, 0.29) is 12.1 Å². The molecule has 1 heterocycles. The molecule has 23 heavy (non-hydrogen) atoms. The van der Waals surface area contributed by atoms with E-state index in [1.165, 1.54) is 5.56 Å². The van der Waals surface area contributed by atoms with Crippen LogP contribution >= 0.6 is 0 Å². The second-order valence-electron chi connectivity index (χ2n) is 6.08. The predicted octanol–water partition coefficient (Wildman–Crippen LogP) is 1.91. The maximum atomic E-state index is 12.2. The Morgan fingerprint density at radius 2 is 1.96 bits per heavy atom. The van der Waals surface area contributed by atoms with Gasteiger partial charge in [0.05, 0.1) is 0 Å². The van der Waals surface area contributed by atoms with Gasteiger partial charge in [-0.05, 0) is 38.2 Å². The Morgan fingerprint density at radius 1 is 1.22 bits per heavy atom. The molecule has 5 heteroatoms. The minimum Gasteiger partial charge on any atom is -0.480 e. The minimum absolute atomic E-state index is 0.126. The highest BCUT2D eigenvalue weighted by atomic mass is 16.4. The largest absolute Gasteiger partial charge is 0.480 e. The highest BCUT2D eigenvalue weighted by molar-refractivity contribution is 5.66. The maximum absolute atomic E-state index is 12.2. The summed E-state index contributed by atoms with van der Waals surface area (Å²) in [6.45, 7) is 1.91. The number of aromatic nitrogens is 2. The van der Waals surface area contributed by atoms with Crippen LogP contribution in [0.3, 0.4) is 0 Å². The van der Waals surface area contributed by atoms with Crippen molar-refractivity contribution in [3.63, 3.8) is 0 Å². The molecule has 1 aliphatic carbocycles. The van der Waals surface area contributed by atoms with Crippen LogP contribution < -0.4 is 5.56 Å². The molecule has 1 aromatic heterocycles. The summed E-state index contributed by atoms with van der Waals surface area (Å²) in [6.07, 6.45) is 3.67. The normalized spacial score (nSPS) is 13.1. The van der Waals surface area contributed by atoms with Crippen molar-refractivity contribution in [2.45, 2.75) is 45.6 Å². The Hall–Kier alpha value is -2.43. The zero-order valence-electron chi connectivity index (χ0n) is 13.2. The van der Waals surface area contributed by atoms with Crippen LogP contribution in [0.2, 0.25) is 0 Å². The molecule has 0 spiro atoms. The molecule has 0 amide bonds. The molecule has 0 radical (unpaired) electrons. The Labute approximate surface area is 134 Å². The lowest BCUT2D eigenvalue weighted by molar-refractivity contribution is -0.137. The lowest BCUT2D eigenvalue weighted by atomic mass is 10.1. The number of aryl methyl sites for hydroxylation is 3. The van der Waals surface area contributed by atoms with Crippen molar-refractivity contribution in [2.24, 2.45) is 0 Å². The first-order valence-corrected chi connectivity index (χ1v) is 7.93. The molecule has 5 nitrogen and oxygen atoms in total. The van der Waals surface area contributed by atoms with Gasteiger partial charge in [0.2, 0.25) is 0 Å². The molecular formula is C18H20N2O3. The molecule has 0 unspecified atom stereocenters. The first kappa shape index (κ1) is 15.5. The van der Waals surface area contributed by atoms with Gasteiger partial charge in [-0.1, -0.05) is 29.8 Å². The van der Waals surface area contributed by atoms with E-state index in [4.69, 9.17) is 0 Å². The molecule has 2 aromatic rings. The van der Waals surface area contributed by atoms with E-state index in [0.29, 0.717) is 24.2 Å². The fraction of sp³-hybridized carbons (Fsp3) is 0.389. The molecule has 120 valence electrons. The van der Waals surface area contributed by atoms with Gasteiger partial charge >= 0.3 is 5.97 Å². The van der Waals surface area contributed by atoms with Crippen LogP contribution in [0.4, 0.5) is 0 Å². The predicted molar refractivity (Wildman–Crippen MR) is 86.7 cm³/mol. The minimum atomic E-state index is -0.902. The molecule has 0 fully saturated rings. The molecule has 0 aliphatic heterocycles. The van der Waals surface area contributed by atoms with Crippen LogP contribution in [-0.2, 0) is 37.0 Å². The van der Waals surface area contributed by atoms with Gasteiger partial charge in [-0.25, -0.2) is 0 Å². The van der Waals surface area contributed by atoms with Crippen molar-refractivity contribution in [1.29, 1.82) is 0 Å². The second kappa shape index (κ2) is 6.36. The smallest absolute Gasteiger partial charge is 0.323 e. The molecule has 3 rings (SSSR count). The van der Waals surface area contributed by atoms with Gasteiger partial charge in [0, 0.05) is 17.7 Å². The fourth-order valence-electron chi connectivity index (χ4n) is 3.18. The number of hydrogen-bond acceptors (Lipinski definition) is 3. The molecular weight excluding hydrogens is 292 g/mol. The molecule has 0 saturated carbocycles. The fourth-order valence-corrected chi connectivity index (χ4v) is 3.18. The lowest BCUT2D eigenvalue weighted by Gasteiger charge is -2.15. The zero-order valence-corrected chi connectivity index (χ0v) is 13.2. The number of carbonyl (C=O) groups is 1. The SMILES string of the molecule is Cc1ccc(CCc2nc(=O)c3c(n2CC(=O)O)CCC3)cc1. The quantitative estimate of drug-likeness (QED) is 0.915. The van der Waals surface area contributed by atoms with Gasteiger partial charge in [-0.15, -0.1) is 0 Å². The third kappa shape index (κ3) is 3.33. The third-order valence-corrected chi connectivity index (χ3v) is 4.37. The number of hydrogen-bond donors (Lipinski definition) is 1. The maximum Gasteiger partial charge on any atom is 0.323 e. The van der Waals surface area contributed by atoms with E-state index < -0.39 is 5.97 Å². The Balaban J connectivity index is 1.91. The molecule has 1 aliphatic rings. The number of aliphatic carboxylic acids is 1. The van der Waals surface area contributed by atoms with Gasteiger partial charge in [-0.3, -0.25) is 9.59 Å². The zero-order chi connectivity index (χ0) is 16.4. The van der Waals surface area contributed by atoms with Crippen molar-refractivity contribution in [2.75, 3.05) is 0 Å². The van der Waals surface area contributed by atoms with Gasteiger partial charge in [0.1, 0.15) is 12.4 Å². The van der Waals surface area contributed by atoms with Crippen LogP contribution in [0.25, 0.3) is 0 Å². The number of carboxylic acids is 1. The van der Waals surface area contributed by atoms with Crippen molar-refractivity contribution < 1.29 is 9.90 Å². The average Bonchev–Trinajstić information content (AvgIpc) is 3.00. The Morgan fingerprint density at radius 3 is 2.65 bits per heavy atom. The number of fused-ring (bicyclic) bond motifs is 1. The Bertz CT molecular complexity index is 791. The van der Waals surface area contributed by atoms with Gasteiger partial charge in [0.25, 0.3) is 5.56 Å². The van der Waals surface area contributed by atoms with Crippen LogP contribution in [0, 0.1) is 6.92 Å². The van der Waals surface area contributed by atoms with Crippen LogP contribution in [0.15, 0.2) is 29.1 Å². The third-order valence-electron chi connectivity index (χ3n) is 4.37. The van der Waals surface area contributed by atoms with Crippen molar-refractivity contribution >= 4 is 5.97 Å². The van der Waals surface area contributed by atoms with Crippen LogP contribution in [0.5, 0.6) is 0 Å². The van der Waals surface area contributed by atoms with Crippen molar-refractivity contribution in [3.8, 4) is 0 Å². The van der Waals surface area contributed by atoms with Crippen molar-refractivity contribution in [3.05, 3.63) is 62.8 Å². The first-order valence-electron chi connectivity index (χ1n) is 7.93. The molecule has 0 bridgehead atoms. The summed E-state index contributed by atoms with van der Waals surface area (Å²) in [5.41, 5.74) is 3.74. The molecule has 1 N–H and O–H groups in total. The lowest BCUT2D eigenvalue weighted by Crippen LogP contribution is -2.26. The van der Waals surface area contributed by atoms with E-state index in [2.05, 4.69) is 29.2 Å². The molecule has 0 saturated heterocycles. The summed E-state index contributed by atoms with van der Waals surface area (Å²) in [4.78, 5) is 27.5. The number of benzene rings is 1. The van der Waals surface area contributed by atoms with E-state index in [1.54, 1.807) is 4.57 Å². The highest BCUT2D eigenvalue weighted by Crippen LogP contribution is 2.20. The van der Waals surface area contributed by atoms with E-state index in [1.807, 2.05) is 6.92 Å². The number of rotatable bonds is 5. The van der Waals surface area contributed by atoms with Gasteiger partial charge in [0.15, 0.2) is 0 Å². The standard InChI is InChI=1S/C18H20N2O3/c1-12-5-7-13(8-6-12)9-10-16-19-18(23)14-3-2-4-15(14)20(16)11-17(21)22/h5-8H,2-4,9-11H2,1H3,(H,21,22). The summed E-state index contributed by atoms with van der Waals surface area (Å²) in [6, 6.07) is 8.22. The summed E-state index contributed by atoms with van der Waals surface area (Å²) < 4.78 is 1.74. The second-order valence-corrected chi connectivity index (χ2v) is 6.08.